The van der Waals surface area contributed by atoms with Crippen molar-refractivity contribution < 1.29 is 49.2 Å². The molecule has 0 saturated carbocycles. The van der Waals surface area contributed by atoms with E-state index in [4.69, 9.17) is 21.1 Å². The molecule has 32 heavy (non-hydrogen) atoms. The zero-order valence-electron chi connectivity index (χ0n) is 17.2. The number of carboxylic acid groups (broad SMARTS) is 3. The Morgan fingerprint density at radius 2 is 1.28 bits per heavy atom. The highest BCUT2D eigenvalue weighted by molar-refractivity contribution is 7.80. The molecule has 5 unspecified atom stereocenters. The summed E-state index contributed by atoms with van der Waals surface area (Å²) in [6.07, 6.45) is -3.02. The topological polar surface area (TPSA) is 245 Å². The monoisotopic (exact) mass is 480 g/mol. The van der Waals surface area contributed by atoms with Crippen LogP contribution in [0.1, 0.15) is 32.6 Å². The summed E-state index contributed by atoms with van der Waals surface area (Å²) < 4.78 is 0. The molecule has 14 nitrogen and oxygen atoms in total. The summed E-state index contributed by atoms with van der Waals surface area (Å²) in [6, 6.07) is -5.75. The summed E-state index contributed by atoms with van der Waals surface area (Å²) in [5.74, 6) is -7.09. The molecule has 0 aliphatic rings. The normalized spacial score (nSPS) is 15.4. The van der Waals surface area contributed by atoms with Crippen molar-refractivity contribution in [2.45, 2.75) is 62.9 Å². The molecule has 0 bridgehead atoms. The first-order chi connectivity index (χ1) is 14.8. The molecule has 3 amide bonds. The predicted molar refractivity (Wildman–Crippen MR) is 111 cm³/mol. The van der Waals surface area contributed by atoms with E-state index in [0.29, 0.717) is 0 Å². The molecular formula is C17H28N4O10S. The van der Waals surface area contributed by atoms with Gasteiger partial charge in [0.05, 0.1) is 12.1 Å². The molecule has 0 spiro atoms. The highest BCUT2D eigenvalue weighted by Gasteiger charge is 2.31. The first kappa shape index (κ1) is 29.1. The summed E-state index contributed by atoms with van der Waals surface area (Å²) in [6.45, 7) is 1.12. The molecular weight excluding hydrogens is 452 g/mol. The Balaban J connectivity index is 5.28. The van der Waals surface area contributed by atoms with Crippen LogP contribution in [-0.4, -0.2) is 92.1 Å². The molecule has 0 aliphatic heterocycles. The van der Waals surface area contributed by atoms with Gasteiger partial charge in [-0.2, -0.15) is 12.6 Å². The van der Waals surface area contributed by atoms with Crippen LogP contribution in [0.25, 0.3) is 0 Å². The average molecular weight is 480 g/mol. The highest BCUT2D eigenvalue weighted by Crippen LogP contribution is 2.03. The van der Waals surface area contributed by atoms with Gasteiger partial charge in [-0.15, -0.1) is 0 Å². The molecule has 0 fully saturated rings. The van der Waals surface area contributed by atoms with Gasteiger partial charge in [-0.1, -0.05) is 0 Å². The molecule has 15 heteroatoms. The zero-order valence-corrected chi connectivity index (χ0v) is 18.1. The number of carboxylic acids is 3. The quantitative estimate of drug-likeness (QED) is 0.106. The molecule has 0 aromatic heterocycles. The molecule has 0 aliphatic carbocycles. The molecule has 182 valence electrons. The van der Waals surface area contributed by atoms with E-state index in [9.17, 15) is 33.9 Å². The Hall–Kier alpha value is -2.91. The lowest BCUT2D eigenvalue weighted by atomic mass is 10.1. The third-order valence-electron chi connectivity index (χ3n) is 4.15. The summed E-state index contributed by atoms with van der Waals surface area (Å²) in [5.41, 5.74) is 5.57. The van der Waals surface area contributed by atoms with Gasteiger partial charge in [0.15, 0.2) is 6.04 Å². The Bertz CT molecular complexity index is 717. The summed E-state index contributed by atoms with van der Waals surface area (Å²) >= 11 is 3.94. The Morgan fingerprint density at radius 1 is 0.812 bits per heavy atom. The lowest BCUT2D eigenvalue weighted by molar-refractivity contribution is -0.145. The van der Waals surface area contributed by atoms with Crippen molar-refractivity contribution in [3.05, 3.63) is 0 Å². The second kappa shape index (κ2) is 14.2. The molecule has 5 atom stereocenters. The molecule has 0 rings (SSSR count). The number of hydrogen-bond donors (Lipinski definition) is 9. The van der Waals surface area contributed by atoms with Crippen molar-refractivity contribution in [1.29, 1.82) is 0 Å². The number of aliphatic hydroxyl groups excluding tert-OH is 1. The van der Waals surface area contributed by atoms with Crippen molar-refractivity contribution in [1.82, 2.24) is 16.0 Å². The van der Waals surface area contributed by atoms with Gasteiger partial charge in [-0.25, -0.2) is 4.79 Å². The number of hydrogen-bond acceptors (Lipinski definition) is 9. The van der Waals surface area contributed by atoms with Gasteiger partial charge < -0.3 is 42.1 Å². The number of rotatable bonds is 15. The molecule has 0 saturated heterocycles. The van der Waals surface area contributed by atoms with Crippen molar-refractivity contribution in [3.8, 4) is 0 Å². The number of carbonyl (C=O) groups excluding carboxylic acids is 3. The van der Waals surface area contributed by atoms with E-state index in [1.54, 1.807) is 0 Å². The third kappa shape index (κ3) is 10.9. The summed E-state index contributed by atoms with van der Waals surface area (Å²) in [4.78, 5) is 69.6. The lowest BCUT2D eigenvalue weighted by Crippen LogP contribution is -2.58. The lowest BCUT2D eigenvalue weighted by Gasteiger charge is -2.25. The fourth-order valence-electron chi connectivity index (χ4n) is 2.33. The van der Waals surface area contributed by atoms with Crippen LogP contribution in [0, 0.1) is 0 Å². The number of aliphatic carboxylic acids is 3. The summed E-state index contributed by atoms with van der Waals surface area (Å²) in [7, 11) is 0. The van der Waals surface area contributed by atoms with Gasteiger partial charge in [0.2, 0.25) is 17.7 Å². The maximum Gasteiger partial charge on any atom is 0.328 e. The number of carbonyl (C=O) groups is 6. The number of nitrogens with two attached hydrogens (primary N) is 1. The van der Waals surface area contributed by atoms with Crippen molar-refractivity contribution >= 4 is 48.3 Å². The van der Waals surface area contributed by atoms with Crippen LogP contribution in [0.15, 0.2) is 0 Å². The molecule has 0 aromatic rings. The second-order valence-corrected chi connectivity index (χ2v) is 7.21. The van der Waals surface area contributed by atoms with Gasteiger partial charge >= 0.3 is 17.9 Å². The fraction of sp³-hybridized carbons (Fsp3) is 0.647. The van der Waals surface area contributed by atoms with Gasteiger partial charge in [0.25, 0.3) is 0 Å². The molecule has 0 heterocycles. The number of amides is 3. The van der Waals surface area contributed by atoms with Gasteiger partial charge in [0.1, 0.15) is 12.1 Å². The standard InChI is InChI=1S/C17H28N4O10S/c1-7(22)13(17(30)31)21-15(28)9(3-5-12(25)26)19-16(29)10(6-32)20-14(27)8(18)2-4-11(23)24/h7-10,13,22,32H,2-6,18H2,1H3,(H,19,29)(H,20,27)(H,21,28)(H,23,24)(H,25,26)(H,30,31). The van der Waals surface area contributed by atoms with Gasteiger partial charge in [-0.05, 0) is 19.8 Å². The van der Waals surface area contributed by atoms with Gasteiger partial charge in [0, 0.05) is 18.6 Å². The Morgan fingerprint density at radius 3 is 1.72 bits per heavy atom. The SMILES string of the molecule is CC(O)C(NC(=O)C(CCC(=O)O)NC(=O)C(CS)NC(=O)C(N)CCC(=O)O)C(=O)O. The van der Waals surface area contributed by atoms with E-state index in [1.807, 2.05) is 5.32 Å². The van der Waals surface area contributed by atoms with Crippen LogP contribution in [0.3, 0.4) is 0 Å². The third-order valence-corrected chi connectivity index (χ3v) is 4.51. The maximum atomic E-state index is 12.5. The van der Waals surface area contributed by atoms with Crippen molar-refractivity contribution in [3.63, 3.8) is 0 Å². The largest absolute Gasteiger partial charge is 0.481 e. The van der Waals surface area contributed by atoms with E-state index >= 15 is 0 Å². The van der Waals surface area contributed by atoms with Crippen LogP contribution in [0.5, 0.6) is 0 Å². The predicted octanol–water partition coefficient (Wildman–Crippen LogP) is -3.11. The molecule has 9 N–H and O–H groups in total. The van der Waals surface area contributed by atoms with Gasteiger partial charge in [-0.3, -0.25) is 24.0 Å². The van der Waals surface area contributed by atoms with E-state index < -0.39 is 78.7 Å². The number of nitrogens with one attached hydrogen (secondary N) is 3. The van der Waals surface area contributed by atoms with Crippen LogP contribution in [0.4, 0.5) is 0 Å². The average Bonchev–Trinajstić information content (AvgIpc) is 2.69. The van der Waals surface area contributed by atoms with E-state index in [1.165, 1.54) is 0 Å². The number of thiol groups is 1. The zero-order chi connectivity index (χ0) is 25.0. The molecule has 0 radical (unpaired) electrons. The van der Waals surface area contributed by atoms with Crippen LogP contribution in [-0.2, 0) is 28.8 Å². The van der Waals surface area contributed by atoms with E-state index in [0.717, 1.165) is 6.92 Å². The minimum absolute atomic E-state index is 0.193. The van der Waals surface area contributed by atoms with Crippen LogP contribution < -0.4 is 21.7 Å². The van der Waals surface area contributed by atoms with Crippen molar-refractivity contribution in [2.24, 2.45) is 5.73 Å². The first-order valence-electron chi connectivity index (χ1n) is 9.42. The van der Waals surface area contributed by atoms with E-state index in [-0.39, 0.29) is 18.6 Å². The smallest absolute Gasteiger partial charge is 0.328 e. The Kier molecular flexibility index (Phi) is 12.9. The minimum Gasteiger partial charge on any atom is -0.481 e. The highest BCUT2D eigenvalue weighted by atomic mass is 32.1. The first-order valence-corrected chi connectivity index (χ1v) is 10.0. The second-order valence-electron chi connectivity index (χ2n) is 6.84. The van der Waals surface area contributed by atoms with Crippen molar-refractivity contribution in [2.75, 3.05) is 5.75 Å². The molecule has 0 aromatic carbocycles. The minimum atomic E-state index is -1.71. The fourth-order valence-corrected chi connectivity index (χ4v) is 2.59. The summed E-state index contributed by atoms with van der Waals surface area (Å²) in [5, 5.41) is 42.5. The van der Waals surface area contributed by atoms with E-state index in [2.05, 4.69) is 23.3 Å². The van der Waals surface area contributed by atoms with Crippen LogP contribution in [0.2, 0.25) is 0 Å². The Labute approximate surface area is 188 Å². The van der Waals surface area contributed by atoms with Crippen LogP contribution >= 0.6 is 12.6 Å². The maximum absolute atomic E-state index is 12.5. The number of aliphatic hydroxyl groups is 1.